The van der Waals surface area contributed by atoms with Gasteiger partial charge in [0, 0.05) is 17.6 Å². The summed E-state index contributed by atoms with van der Waals surface area (Å²) >= 11 is 6.00. The van der Waals surface area contributed by atoms with Crippen LogP contribution in [0.5, 0.6) is 0 Å². The molecule has 4 nitrogen and oxygen atoms in total. The lowest BCUT2D eigenvalue weighted by molar-refractivity contribution is 0.0652. The van der Waals surface area contributed by atoms with Gasteiger partial charge >= 0.3 is 0 Å². The summed E-state index contributed by atoms with van der Waals surface area (Å²) in [6, 6.07) is 14.9. The molecule has 0 spiro atoms. The zero-order valence-electron chi connectivity index (χ0n) is 13.5. The van der Waals surface area contributed by atoms with Crippen LogP contribution in [0.25, 0.3) is 0 Å². The minimum Gasteiger partial charge on any atom is -0.310 e. The van der Waals surface area contributed by atoms with E-state index in [1.807, 2.05) is 24.3 Å². The number of fused-ring (bicyclic) bond motifs is 1. The lowest BCUT2D eigenvalue weighted by atomic mass is 10.1. The van der Waals surface area contributed by atoms with Crippen molar-refractivity contribution in [1.29, 1.82) is 0 Å². The molecule has 2 aromatic rings. The maximum absolute atomic E-state index is 12.3. The first kappa shape index (κ1) is 16.7. The third kappa shape index (κ3) is 3.35. The maximum Gasteiger partial charge on any atom is 0.261 e. The number of benzene rings is 2. The fourth-order valence-electron chi connectivity index (χ4n) is 2.89. The zero-order chi connectivity index (χ0) is 17.1. The SMILES string of the molecule is CC(NCCCN1C(=O)c2ccccc2C1=O)c1cccc(Cl)c1. The van der Waals surface area contributed by atoms with Crippen LogP contribution >= 0.6 is 11.6 Å². The van der Waals surface area contributed by atoms with E-state index in [2.05, 4.69) is 12.2 Å². The van der Waals surface area contributed by atoms with Crippen molar-refractivity contribution in [2.75, 3.05) is 13.1 Å². The molecule has 0 bridgehead atoms. The fraction of sp³-hybridized carbons (Fsp3) is 0.263. The minimum atomic E-state index is -0.196. The smallest absolute Gasteiger partial charge is 0.261 e. The van der Waals surface area contributed by atoms with Crippen molar-refractivity contribution in [2.24, 2.45) is 0 Å². The highest BCUT2D eigenvalue weighted by atomic mass is 35.5. The molecule has 0 saturated carbocycles. The number of amides is 2. The normalized spacial score (nSPS) is 14.8. The van der Waals surface area contributed by atoms with Gasteiger partial charge in [-0.2, -0.15) is 0 Å². The molecule has 1 atom stereocenters. The lowest BCUT2D eigenvalue weighted by Gasteiger charge is -2.17. The zero-order valence-corrected chi connectivity index (χ0v) is 14.2. The summed E-state index contributed by atoms with van der Waals surface area (Å²) in [5.41, 5.74) is 2.12. The van der Waals surface area contributed by atoms with Crippen molar-refractivity contribution in [3.8, 4) is 0 Å². The molecule has 1 aliphatic rings. The van der Waals surface area contributed by atoms with E-state index in [1.165, 1.54) is 4.90 Å². The standard InChI is InChI=1S/C19H19ClN2O2/c1-13(14-6-4-7-15(20)12-14)21-10-5-11-22-18(23)16-8-2-3-9-17(16)19(22)24/h2-4,6-9,12-13,21H,5,10-11H2,1H3. The first-order chi connectivity index (χ1) is 11.6. The van der Waals surface area contributed by atoms with Crippen LogP contribution in [0.1, 0.15) is 45.7 Å². The summed E-state index contributed by atoms with van der Waals surface area (Å²) in [6.45, 7) is 3.19. The second kappa shape index (κ2) is 7.16. The molecule has 0 saturated heterocycles. The van der Waals surface area contributed by atoms with Gasteiger partial charge in [-0.05, 0) is 49.7 Å². The molecule has 3 rings (SSSR count). The average Bonchev–Trinajstić information content (AvgIpc) is 2.83. The van der Waals surface area contributed by atoms with Crippen molar-refractivity contribution in [1.82, 2.24) is 10.2 Å². The van der Waals surface area contributed by atoms with Crippen molar-refractivity contribution in [3.05, 3.63) is 70.2 Å². The van der Waals surface area contributed by atoms with Gasteiger partial charge in [0.1, 0.15) is 0 Å². The molecule has 1 unspecified atom stereocenters. The maximum atomic E-state index is 12.3. The molecule has 0 aromatic heterocycles. The molecule has 0 radical (unpaired) electrons. The van der Waals surface area contributed by atoms with Crippen molar-refractivity contribution in [2.45, 2.75) is 19.4 Å². The monoisotopic (exact) mass is 342 g/mol. The number of rotatable bonds is 6. The Bertz CT molecular complexity index is 740. The van der Waals surface area contributed by atoms with Crippen molar-refractivity contribution in [3.63, 3.8) is 0 Å². The van der Waals surface area contributed by atoms with Gasteiger partial charge in [-0.1, -0.05) is 35.9 Å². The quantitative estimate of drug-likeness (QED) is 0.643. The number of carbonyl (C=O) groups is 2. The molecule has 124 valence electrons. The Balaban J connectivity index is 1.51. The second-order valence-electron chi connectivity index (χ2n) is 5.89. The van der Waals surface area contributed by atoms with Crippen LogP contribution < -0.4 is 5.32 Å². The summed E-state index contributed by atoms with van der Waals surface area (Å²) in [6.07, 6.45) is 0.705. The van der Waals surface area contributed by atoms with E-state index in [1.54, 1.807) is 24.3 Å². The molecule has 2 aromatic carbocycles. The Kier molecular flexibility index (Phi) is 4.97. The Labute approximate surface area is 146 Å². The third-order valence-electron chi connectivity index (χ3n) is 4.24. The molecular weight excluding hydrogens is 324 g/mol. The predicted molar refractivity (Wildman–Crippen MR) is 94.3 cm³/mol. The Morgan fingerprint density at radius 2 is 1.71 bits per heavy atom. The molecule has 5 heteroatoms. The molecule has 0 fully saturated rings. The molecule has 1 heterocycles. The summed E-state index contributed by atoms with van der Waals surface area (Å²) in [5, 5.41) is 4.11. The van der Waals surface area contributed by atoms with Crippen LogP contribution in [-0.4, -0.2) is 29.8 Å². The number of nitrogens with zero attached hydrogens (tertiary/aromatic N) is 1. The topological polar surface area (TPSA) is 49.4 Å². The summed E-state index contributed by atoms with van der Waals surface area (Å²) < 4.78 is 0. The van der Waals surface area contributed by atoms with Gasteiger partial charge in [0.15, 0.2) is 0 Å². The van der Waals surface area contributed by atoms with Gasteiger partial charge in [-0.25, -0.2) is 0 Å². The van der Waals surface area contributed by atoms with E-state index in [9.17, 15) is 9.59 Å². The van der Waals surface area contributed by atoms with Crippen LogP contribution in [0, 0.1) is 0 Å². The molecule has 1 aliphatic heterocycles. The molecule has 24 heavy (non-hydrogen) atoms. The highest BCUT2D eigenvalue weighted by Gasteiger charge is 2.34. The van der Waals surface area contributed by atoms with E-state index in [-0.39, 0.29) is 17.9 Å². The number of imide groups is 1. The van der Waals surface area contributed by atoms with E-state index in [0.717, 1.165) is 5.56 Å². The number of hydrogen-bond donors (Lipinski definition) is 1. The van der Waals surface area contributed by atoms with Crippen LogP contribution in [-0.2, 0) is 0 Å². The van der Waals surface area contributed by atoms with Crippen LogP contribution in [0.15, 0.2) is 48.5 Å². The predicted octanol–water partition coefficient (Wildman–Crippen LogP) is 3.68. The van der Waals surface area contributed by atoms with Crippen LogP contribution in [0.3, 0.4) is 0 Å². The van der Waals surface area contributed by atoms with Crippen molar-refractivity contribution < 1.29 is 9.59 Å². The number of halogens is 1. The van der Waals surface area contributed by atoms with E-state index in [4.69, 9.17) is 11.6 Å². The average molecular weight is 343 g/mol. The Morgan fingerprint density at radius 3 is 2.33 bits per heavy atom. The summed E-state index contributed by atoms with van der Waals surface area (Å²) in [7, 11) is 0. The fourth-order valence-corrected chi connectivity index (χ4v) is 3.09. The highest BCUT2D eigenvalue weighted by Crippen LogP contribution is 2.22. The van der Waals surface area contributed by atoms with E-state index < -0.39 is 0 Å². The number of carbonyl (C=O) groups excluding carboxylic acids is 2. The molecule has 2 amide bonds. The summed E-state index contributed by atoms with van der Waals surface area (Å²) in [5.74, 6) is -0.392. The van der Waals surface area contributed by atoms with Gasteiger partial charge in [-0.15, -0.1) is 0 Å². The van der Waals surface area contributed by atoms with Gasteiger partial charge in [0.2, 0.25) is 0 Å². The minimum absolute atomic E-state index is 0.158. The van der Waals surface area contributed by atoms with Gasteiger partial charge in [0.25, 0.3) is 11.8 Å². The lowest BCUT2D eigenvalue weighted by Crippen LogP contribution is -2.32. The van der Waals surface area contributed by atoms with E-state index in [0.29, 0.717) is 35.7 Å². The first-order valence-electron chi connectivity index (χ1n) is 8.02. The first-order valence-corrected chi connectivity index (χ1v) is 8.40. The number of nitrogens with one attached hydrogen (secondary N) is 1. The highest BCUT2D eigenvalue weighted by molar-refractivity contribution is 6.30. The van der Waals surface area contributed by atoms with Gasteiger partial charge in [0.05, 0.1) is 11.1 Å². The van der Waals surface area contributed by atoms with Crippen LogP contribution in [0.4, 0.5) is 0 Å². The summed E-state index contributed by atoms with van der Waals surface area (Å²) in [4.78, 5) is 25.9. The Hall–Kier alpha value is -2.17. The van der Waals surface area contributed by atoms with E-state index >= 15 is 0 Å². The molecular formula is C19H19ClN2O2. The second-order valence-corrected chi connectivity index (χ2v) is 6.33. The van der Waals surface area contributed by atoms with Crippen LogP contribution in [0.2, 0.25) is 5.02 Å². The largest absolute Gasteiger partial charge is 0.310 e. The van der Waals surface area contributed by atoms with Crippen molar-refractivity contribution >= 4 is 23.4 Å². The van der Waals surface area contributed by atoms with Gasteiger partial charge < -0.3 is 5.32 Å². The Morgan fingerprint density at radius 1 is 1.04 bits per heavy atom. The van der Waals surface area contributed by atoms with Gasteiger partial charge in [-0.3, -0.25) is 14.5 Å². The number of hydrogen-bond acceptors (Lipinski definition) is 3. The third-order valence-corrected chi connectivity index (χ3v) is 4.47. The molecule has 1 N–H and O–H groups in total. The molecule has 0 aliphatic carbocycles.